The van der Waals surface area contributed by atoms with Gasteiger partial charge in [-0.2, -0.15) is 0 Å². The van der Waals surface area contributed by atoms with Crippen LogP contribution in [0.2, 0.25) is 0 Å². The zero-order valence-corrected chi connectivity index (χ0v) is 12.0. The zero-order valence-electron chi connectivity index (χ0n) is 11.2. The molecule has 2 aromatic rings. The number of methoxy groups -OCH3 is 1. The average Bonchev–Trinajstić information content (AvgIpc) is 2.86. The Bertz CT molecular complexity index is 637. The molecule has 0 spiro atoms. The monoisotopic (exact) mass is 290 g/mol. The zero-order chi connectivity index (χ0) is 14.5. The van der Waals surface area contributed by atoms with E-state index in [-0.39, 0.29) is 18.3 Å². The van der Waals surface area contributed by atoms with Gasteiger partial charge in [0.25, 0.3) is 5.91 Å². The van der Waals surface area contributed by atoms with Gasteiger partial charge in [0.2, 0.25) is 0 Å². The van der Waals surface area contributed by atoms with Crippen molar-refractivity contribution in [2.24, 2.45) is 0 Å². The molecule has 0 aliphatic carbocycles. The molecular weight excluding hydrogens is 276 g/mol. The summed E-state index contributed by atoms with van der Waals surface area (Å²) in [4.78, 5) is 27.4. The summed E-state index contributed by atoms with van der Waals surface area (Å²) >= 11 is 1.28. The first-order valence-corrected chi connectivity index (χ1v) is 6.86. The number of ether oxygens (including phenoxy) is 1. The van der Waals surface area contributed by atoms with Crippen molar-refractivity contribution in [1.29, 1.82) is 0 Å². The summed E-state index contributed by atoms with van der Waals surface area (Å²) in [6, 6.07) is 7.32. The fourth-order valence-corrected chi connectivity index (χ4v) is 2.36. The maximum Gasteiger partial charge on any atom is 0.311 e. The molecule has 1 heterocycles. The van der Waals surface area contributed by atoms with Crippen molar-refractivity contribution in [3.63, 3.8) is 0 Å². The van der Waals surface area contributed by atoms with Gasteiger partial charge in [0.1, 0.15) is 0 Å². The molecule has 0 atom stereocenters. The van der Waals surface area contributed by atoms with E-state index in [1.807, 2.05) is 25.1 Å². The minimum absolute atomic E-state index is 0.104. The molecule has 0 radical (unpaired) electrons. The lowest BCUT2D eigenvalue weighted by Gasteiger charge is -2.04. The van der Waals surface area contributed by atoms with Crippen molar-refractivity contribution in [3.05, 3.63) is 46.5 Å². The highest BCUT2D eigenvalue weighted by Gasteiger charge is 2.12. The number of nitrogens with one attached hydrogen (secondary N) is 1. The molecule has 104 valence electrons. The Hall–Kier alpha value is -2.21. The number of rotatable bonds is 4. The quantitative estimate of drug-likeness (QED) is 0.878. The maximum absolute atomic E-state index is 12.1. The van der Waals surface area contributed by atoms with E-state index in [0.29, 0.717) is 16.4 Å². The van der Waals surface area contributed by atoms with Gasteiger partial charge >= 0.3 is 5.97 Å². The standard InChI is InChI=1S/C14H14N2O3S/c1-9-5-3-4-6-11(9)13(18)16-14-15-10(8-20-14)7-12(17)19-2/h3-6,8H,7H2,1-2H3,(H,15,16,18). The number of carbonyl (C=O) groups excluding carboxylic acids is 2. The highest BCUT2D eigenvalue weighted by atomic mass is 32.1. The molecule has 0 bridgehead atoms. The first-order valence-electron chi connectivity index (χ1n) is 5.98. The second kappa shape index (κ2) is 6.29. The summed E-state index contributed by atoms with van der Waals surface area (Å²) in [7, 11) is 1.33. The second-order valence-corrected chi connectivity index (χ2v) is 5.02. The van der Waals surface area contributed by atoms with Crippen molar-refractivity contribution in [3.8, 4) is 0 Å². The predicted octanol–water partition coefficient (Wildman–Crippen LogP) is 2.42. The maximum atomic E-state index is 12.1. The van der Waals surface area contributed by atoms with Crippen molar-refractivity contribution >= 4 is 28.3 Å². The fraction of sp³-hybridized carbons (Fsp3) is 0.214. The molecule has 6 heteroatoms. The van der Waals surface area contributed by atoms with Crippen LogP contribution in [0.3, 0.4) is 0 Å². The predicted molar refractivity (Wildman–Crippen MR) is 77.0 cm³/mol. The number of esters is 1. The van der Waals surface area contributed by atoms with Gasteiger partial charge in [0, 0.05) is 10.9 Å². The Morgan fingerprint density at radius 3 is 2.80 bits per heavy atom. The van der Waals surface area contributed by atoms with Crippen LogP contribution >= 0.6 is 11.3 Å². The van der Waals surface area contributed by atoms with Gasteiger partial charge in [-0.25, -0.2) is 4.98 Å². The van der Waals surface area contributed by atoms with Gasteiger partial charge in [0.05, 0.1) is 19.2 Å². The molecule has 20 heavy (non-hydrogen) atoms. The largest absolute Gasteiger partial charge is 0.469 e. The number of benzene rings is 1. The van der Waals surface area contributed by atoms with Gasteiger partial charge in [-0.1, -0.05) is 18.2 Å². The van der Waals surface area contributed by atoms with E-state index in [4.69, 9.17) is 0 Å². The third-order valence-corrected chi connectivity index (χ3v) is 3.52. The van der Waals surface area contributed by atoms with E-state index in [0.717, 1.165) is 5.56 Å². The lowest BCUT2D eigenvalue weighted by atomic mass is 10.1. The Morgan fingerprint density at radius 2 is 2.10 bits per heavy atom. The molecule has 1 aromatic heterocycles. The minimum Gasteiger partial charge on any atom is -0.469 e. The topological polar surface area (TPSA) is 68.3 Å². The SMILES string of the molecule is COC(=O)Cc1csc(NC(=O)c2ccccc2C)n1. The summed E-state index contributed by atoms with van der Waals surface area (Å²) in [5.41, 5.74) is 2.09. The Kier molecular flexibility index (Phi) is 4.47. The minimum atomic E-state index is -0.355. The van der Waals surface area contributed by atoms with Crippen molar-refractivity contribution in [2.75, 3.05) is 12.4 Å². The van der Waals surface area contributed by atoms with Crippen molar-refractivity contribution in [2.45, 2.75) is 13.3 Å². The Labute approximate surface area is 120 Å². The van der Waals surface area contributed by atoms with E-state index in [9.17, 15) is 9.59 Å². The van der Waals surface area contributed by atoms with Gasteiger partial charge in [-0.05, 0) is 18.6 Å². The summed E-state index contributed by atoms with van der Waals surface area (Å²) in [6.45, 7) is 1.87. The summed E-state index contributed by atoms with van der Waals surface area (Å²) in [5, 5.41) is 4.92. The third kappa shape index (κ3) is 3.42. The van der Waals surface area contributed by atoms with Crippen molar-refractivity contribution in [1.82, 2.24) is 4.98 Å². The molecular formula is C14H14N2O3S. The van der Waals surface area contributed by atoms with Crippen LogP contribution in [0.5, 0.6) is 0 Å². The number of nitrogens with zero attached hydrogens (tertiary/aromatic N) is 1. The lowest BCUT2D eigenvalue weighted by Crippen LogP contribution is -2.13. The molecule has 1 amide bonds. The number of hydrogen-bond acceptors (Lipinski definition) is 5. The van der Waals surface area contributed by atoms with E-state index in [2.05, 4.69) is 15.0 Å². The molecule has 0 aliphatic heterocycles. The smallest absolute Gasteiger partial charge is 0.311 e. The van der Waals surface area contributed by atoms with E-state index in [1.54, 1.807) is 11.4 Å². The van der Waals surface area contributed by atoms with Crippen LogP contribution in [0.25, 0.3) is 0 Å². The van der Waals surface area contributed by atoms with Crippen LogP contribution in [0, 0.1) is 6.92 Å². The lowest BCUT2D eigenvalue weighted by molar-refractivity contribution is -0.139. The molecule has 2 rings (SSSR count). The van der Waals surface area contributed by atoms with Gasteiger partial charge in [-0.3, -0.25) is 14.9 Å². The number of amides is 1. The number of anilines is 1. The summed E-state index contributed by atoms with van der Waals surface area (Å²) in [5.74, 6) is -0.561. The number of aromatic nitrogens is 1. The number of hydrogen-bond donors (Lipinski definition) is 1. The van der Waals surface area contributed by atoms with Crippen LogP contribution in [0.4, 0.5) is 5.13 Å². The highest BCUT2D eigenvalue weighted by Crippen LogP contribution is 2.18. The molecule has 1 N–H and O–H groups in total. The van der Waals surface area contributed by atoms with E-state index < -0.39 is 0 Å². The second-order valence-electron chi connectivity index (χ2n) is 4.17. The highest BCUT2D eigenvalue weighted by molar-refractivity contribution is 7.14. The third-order valence-electron chi connectivity index (χ3n) is 2.72. The molecule has 1 aromatic carbocycles. The number of thiazole rings is 1. The van der Waals surface area contributed by atoms with Crippen LogP contribution in [-0.2, 0) is 16.0 Å². The Balaban J connectivity index is 2.05. The van der Waals surface area contributed by atoms with Crippen LogP contribution in [0.15, 0.2) is 29.6 Å². The summed E-state index contributed by atoms with van der Waals surface area (Å²) in [6.07, 6.45) is 0.104. The van der Waals surface area contributed by atoms with E-state index in [1.165, 1.54) is 18.4 Å². The average molecular weight is 290 g/mol. The van der Waals surface area contributed by atoms with Crippen molar-refractivity contribution < 1.29 is 14.3 Å². The molecule has 0 aliphatic rings. The van der Waals surface area contributed by atoms with E-state index >= 15 is 0 Å². The molecule has 0 unspecified atom stereocenters. The molecule has 5 nitrogen and oxygen atoms in total. The Morgan fingerprint density at radius 1 is 1.35 bits per heavy atom. The van der Waals surface area contributed by atoms with Crippen LogP contribution in [-0.4, -0.2) is 24.0 Å². The van der Waals surface area contributed by atoms with Gasteiger partial charge < -0.3 is 4.74 Å². The van der Waals surface area contributed by atoms with Gasteiger partial charge in [0.15, 0.2) is 5.13 Å². The molecule has 0 saturated heterocycles. The van der Waals surface area contributed by atoms with Crippen LogP contribution in [0.1, 0.15) is 21.6 Å². The van der Waals surface area contributed by atoms with Gasteiger partial charge in [-0.15, -0.1) is 11.3 Å². The van der Waals surface area contributed by atoms with Crippen LogP contribution < -0.4 is 5.32 Å². The molecule has 0 saturated carbocycles. The normalized spacial score (nSPS) is 10.1. The fourth-order valence-electron chi connectivity index (χ4n) is 1.66. The number of aryl methyl sites for hydroxylation is 1. The first kappa shape index (κ1) is 14.2. The summed E-state index contributed by atoms with van der Waals surface area (Å²) < 4.78 is 4.57. The number of carbonyl (C=O) groups is 2. The molecule has 0 fully saturated rings. The first-order chi connectivity index (χ1) is 9.60.